The Labute approximate surface area is 130 Å². The van der Waals surface area contributed by atoms with E-state index >= 15 is 0 Å². The Hall–Kier alpha value is -1.03. The maximum Gasteiger partial charge on any atom is 0.0525 e. The molecule has 0 amide bonds. The molecule has 1 aromatic heterocycles. The summed E-state index contributed by atoms with van der Waals surface area (Å²) in [5, 5.41) is 6.16. The first-order valence-electron chi connectivity index (χ1n) is 6.84. The van der Waals surface area contributed by atoms with E-state index in [1.165, 1.54) is 16.1 Å². The topological polar surface area (TPSA) is 15.3 Å². The van der Waals surface area contributed by atoms with Gasteiger partial charge in [-0.2, -0.15) is 0 Å². The molecule has 0 unspecified atom stereocenters. The average molecular weight is 309 g/mol. The Morgan fingerprint density at radius 2 is 2.05 bits per heavy atom. The standard InChI is InChI=1S/C16H21ClN2S/c1-12(2)19(11-13-6-5-9-20-13)16-8-4-7-15(17)14(16)10-18-3/h4-9,12,18H,10-11H2,1-3H3. The summed E-state index contributed by atoms with van der Waals surface area (Å²) in [5.41, 5.74) is 2.39. The zero-order chi connectivity index (χ0) is 14.5. The molecule has 0 radical (unpaired) electrons. The van der Waals surface area contributed by atoms with Crippen molar-refractivity contribution < 1.29 is 0 Å². The van der Waals surface area contributed by atoms with E-state index in [4.69, 9.17) is 11.6 Å². The number of rotatable bonds is 6. The van der Waals surface area contributed by atoms with Crippen molar-refractivity contribution in [3.05, 3.63) is 51.2 Å². The summed E-state index contributed by atoms with van der Waals surface area (Å²) in [6, 6.07) is 10.9. The van der Waals surface area contributed by atoms with Gasteiger partial charge >= 0.3 is 0 Å². The highest BCUT2D eigenvalue weighted by Crippen LogP contribution is 2.30. The maximum absolute atomic E-state index is 6.37. The zero-order valence-electron chi connectivity index (χ0n) is 12.2. The Morgan fingerprint density at radius 3 is 2.65 bits per heavy atom. The maximum atomic E-state index is 6.37. The van der Waals surface area contributed by atoms with Crippen LogP contribution in [-0.2, 0) is 13.1 Å². The summed E-state index contributed by atoms with van der Waals surface area (Å²) in [5.74, 6) is 0. The van der Waals surface area contributed by atoms with Crippen molar-refractivity contribution in [2.24, 2.45) is 0 Å². The van der Waals surface area contributed by atoms with Gasteiger partial charge in [-0.25, -0.2) is 0 Å². The molecule has 108 valence electrons. The lowest BCUT2D eigenvalue weighted by molar-refractivity contribution is 0.679. The lowest BCUT2D eigenvalue weighted by atomic mass is 10.1. The van der Waals surface area contributed by atoms with Crippen LogP contribution >= 0.6 is 22.9 Å². The third-order valence-electron chi connectivity index (χ3n) is 3.29. The van der Waals surface area contributed by atoms with Gasteiger partial charge in [0.25, 0.3) is 0 Å². The Kier molecular flexibility index (Phi) is 5.46. The van der Waals surface area contributed by atoms with Gasteiger partial charge in [-0.15, -0.1) is 11.3 Å². The number of anilines is 1. The van der Waals surface area contributed by atoms with E-state index in [1.54, 1.807) is 11.3 Å². The first-order chi connectivity index (χ1) is 9.63. The van der Waals surface area contributed by atoms with Crippen LogP contribution in [0.25, 0.3) is 0 Å². The van der Waals surface area contributed by atoms with Crippen molar-refractivity contribution in [3.63, 3.8) is 0 Å². The molecular formula is C16H21ClN2S. The lowest BCUT2D eigenvalue weighted by Crippen LogP contribution is -2.31. The number of nitrogens with zero attached hydrogens (tertiary/aromatic N) is 1. The lowest BCUT2D eigenvalue weighted by Gasteiger charge is -2.31. The van der Waals surface area contributed by atoms with Crippen molar-refractivity contribution >= 4 is 28.6 Å². The van der Waals surface area contributed by atoms with E-state index < -0.39 is 0 Å². The predicted octanol–water partition coefficient (Wildman–Crippen LogP) is 4.54. The van der Waals surface area contributed by atoms with Crippen molar-refractivity contribution in [3.8, 4) is 0 Å². The molecule has 0 aliphatic carbocycles. The predicted molar refractivity (Wildman–Crippen MR) is 89.9 cm³/mol. The Morgan fingerprint density at radius 1 is 1.25 bits per heavy atom. The van der Waals surface area contributed by atoms with Crippen LogP contribution in [0.5, 0.6) is 0 Å². The quantitative estimate of drug-likeness (QED) is 0.843. The van der Waals surface area contributed by atoms with Gasteiger partial charge in [0.1, 0.15) is 0 Å². The van der Waals surface area contributed by atoms with E-state index in [0.717, 1.165) is 18.1 Å². The largest absolute Gasteiger partial charge is 0.364 e. The minimum Gasteiger partial charge on any atom is -0.364 e. The van der Waals surface area contributed by atoms with Gasteiger partial charge in [-0.05, 0) is 44.5 Å². The minimum absolute atomic E-state index is 0.422. The average Bonchev–Trinajstić information content (AvgIpc) is 2.91. The molecule has 0 saturated heterocycles. The molecule has 2 rings (SSSR count). The fourth-order valence-corrected chi connectivity index (χ4v) is 3.22. The molecule has 0 spiro atoms. The second-order valence-corrected chi connectivity index (χ2v) is 6.51. The van der Waals surface area contributed by atoms with Gasteiger partial charge < -0.3 is 10.2 Å². The van der Waals surface area contributed by atoms with Crippen LogP contribution < -0.4 is 10.2 Å². The van der Waals surface area contributed by atoms with Crippen molar-refractivity contribution in [2.45, 2.75) is 33.0 Å². The highest BCUT2D eigenvalue weighted by Gasteiger charge is 2.16. The zero-order valence-corrected chi connectivity index (χ0v) is 13.8. The van der Waals surface area contributed by atoms with Gasteiger partial charge in [0.15, 0.2) is 0 Å². The first-order valence-corrected chi connectivity index (χ1v) is 8.10. The summed E-state index contributed by atoms with van der Waals surface area (Å²) in [7, 11) is 1.95. The molecule has 1 aromatic carbocycles. The SMILES string of the molecule is CNCc1c(Cl)cccc1N(Cc1cccs1)C(C)C. The number of thiophene rings is 1. The highest BCUT2D eigenvalue weighted by molar-refractivity contribution is 7.09. The molecule has 0 fully saturated rings. The highest BCUT2D eigenvalue weighted by atomic mass is 35.5. The summed E-state index contributed by atoms with van der Waals surface area (Å²) in [4.78, 5) is 3.78. The third-order valence-corrected chi connectivity index (χ3v) is 4.50. The molecule has 2 nitrogen and oxygen atoms in total. The van der Waals surface area contributed by atoms with Crippen LogP contribution in [0.1, 0.15) is 24.3 Å². The monoisotopic (exact) mass is 308 g/mol. The van der Waals surface area contributed by atoms with Gasteiger partial charge in [0.05, 0.1) is 6.54 Å². The van der Waals surface area contributed by atoms with E-state index in [0.29, 0.717) is 6.04 Å². The number of hydrogen-bond acceptors (Lipinski definition) is 3. The van der Waals surface area contributed by atoms with E-state index in [-0.39, 0.29) is 0 Å². The molecule has 0 aliphatic heterocycles. The first kappa shape index (κ1) is 15.4. The molecule has 2 aromatic rings. The molecule has 0 atom stereocenters. The molecule has 0 aliphatic rings. The summed E-state index contributed by atoms with van der Waals surface area (Å²) in [6.45, 7) is 6.14. The second-order valence-electron chi connectivity index (χ2n) is 5.07. The molecule has 1 heterocycles. The van der Waals surface area contributed by atoms with Crippen LogP contribution in [0.3, 0.4) is 0 Å². The normalized spacial score (nSPS) is 11.1. The number of hydrogen-bond donors (Lipinski definition) is 1. The van der Waals surface area contributed by atoms with Crippen molar-refractivity contribution in [1.29, 1.82) is 0 Å². The van der Waals surface area contributed by atoms with Gasteiger partial charge in [0.2, 0.25) is 0 Å². The Bertz CT molecular complexity index is 537. The molecule has 0 bridgehead atoms. The van der Waals surface area contributed by atoms with Crippen LogP contribution in [0, 0.1) is 0 Å². The fourth-order valence-electron chi connectivity index (χ4n) is 2.28. The molecule has 20 heavy (non-hydrogen) atoms. The van der Waals surface area contributed by atoms with Crippen LogP contribution in [-0.4, -0.2) is 13.1 Å². The second kappa shape index (κ2) is 7.11. The fraction of sp³-hybridized carbons (Fsp3) is 0.375. The van der Waals surface area contributed by atoms with Crippen molar-refractivity contribution in [2.75, 3.05) is 11.9 Å². The molecule has 1 N–H and O–H groups in total. The number of benzene rings is 1. The van der Waals surface area contributed by atoms with Gasteiger partial charge in [0, 0.05) is 33.7 Å². The van der Waals surface area contributed by atoms with Crippen molar-refractivity contribution in [1.82, 2.24) is 5.32 Å². The minimum atomic E-state index is 0.422. The van der Waals surface area contributed by atoms with Gasteiger partial charge in [-0.3, -0.25) is 0 Å². The summed E-state index contributed by atoms with van der Waals surface area (Å²) in [6.07, 6.45) is 0. The molecular weight excluding hydrogens is 288 g/mol. The van der Waals surface area contributed by atoms with Crippen LogP contribution in [0.4, 0.5) is 5.69 Å². The van der Waals surface area contributed by atoms with Gasteiger partial charge in [-0.1, -0.05) is 23.7 Å². The third kappa shape index (κ3) is 3.54. The summed E-state index contributed by atoms with van der Waals surface area (Å²) >= 11 is 8.17. The Balaban J connectivity index is 2.36. The summed E-state index contributed by atoms with van der Waals surface area (Å²) < 4.78 is 0. The molecule has 4 heteroatoms. The number of nitrogens with one attached hydrogen (secondary N) is 1. The smallest absolute Gasteiger partial charge is 0.0525 e. The van der Waals surface area contributed by atoms with E-state index in [1.807, 2.05) is 19.2 Å². The van der Waals surface area contributed by atoms with E-state index in [9.17, 15) is 0 Å². The van der Waals surface area contributed by atoms with Crippen LogP contribution in [0.15, 0.2) is 35.7 Å². The number of halogens is 1. The molecule has 0 saturated carbocycles. The van der Waals surface area contributed by atoms with E-state index in [2.05, 4.69) is 47.6 Å². The van der Waals surface area contributed by atoms with Crippen LogP contribution in [0.2, 0.25) is 5.02 Å².